The van der Waals surface area contributed by atoms with Gasteiger partial charge in [0.1, 0.15) is 5.41 Å². The van der Waals surface area contributed by atoms with Crippen LogP contribution in [-0.2, 0) is 19.4 Å². The molecule has 116 valence electrons. The second-order valence-electron chi connectivity index (χ2n) is 5.24. The minimum Gasteiger partial charge on any atom is -0.465 e. The van der Waals surface area contributed by atoms with Crippen molar-refractivity contribution in [1.82, 2.24) is 0 Å². The topological polar surface area (TPSA) is 86.5 Å². The van der Waals surface area contributed by atoms with Crippen LogP contribution in [0.5, 0.6) is 0 Å². The largest absolute Gasteiger partial charge is 0.465 e. The van der Waals surface area contributed by atoms with Crippen molar-refractivity contribution < 1.29 is 17.9 Å². The summed E-state index contributed by atoms with van der Waals surface area (Å²) in [6, 6.07) is 6.78. The zero-order valence-electron chi connectivity index (χ0n) is 11.9. The molecule has 2 rings (SSSR count). The van der Waals surface area contributed by atoms with Crippen LogP contribution < -0.4 is 5.73 Å². The number of hydrogen-bond donors (Lipinski definition) is 1. The van der Waals surface area contributed by atoms with Crippen molar-refractivity contribution in [3.05, 3.63) is 34.9 Å². The molecule has 0 amide bonds. The van der Waals surface area contributed by atoms with Crippen molar-refractivity contribution >= 4 is 27.4 Å². The van der Waals surface area contributed by atoms with E-state index < -0.39 is 32.4 Å². The van der Waals surface area contributed by atoms with Gasteiger partial charge in [0, 0.05) is 23.7 Å². The SMILES string of the molecule is CCOC(=O)[C@]1(CN)[C@H](c2ccc(Cl)cc2)[C@H]1S(C)(=O)=O. The van der Waals surface area contributed by atoms with E-state index >= 15 is 0 Å². The number of hydrogen-bond acceptors (Lipinski definition) is 5. The van der Waals surface area contributed by atoms with Crippen molar-refractivity contribution in [2.75, 3.05) is 19.4 Å². The van der Waals surface area contributed by atoms with E-state index in [1.54, 1.807) is 31.2 Å². The predicted octanol–water partition coefficient (Wildman–Crippen LogP) is 1.36. The van der Waals surface area contributed by atoms with Crippen LogP contribution >= 0.6 is 11.6 Å². The molecule has 0 bridgehead atoms. The molecule has 5 nitrogen and oxygen atoms in total. The number of sulfone groups is 1. The summed E-state index contributed by atoms with van der Waals surface area (Å²) in [6.45, 7) is 1.79. The van der Waals surface area contributed by atoms with Gasteiger partial charge in [-0.25, -0.2) is 8.42 Å². The maximum Gasteiger partial charge on any atom is 0.315 e. The summed E-state index contributed by atoms with van der Waals surface area (Å²) in [6.07, 6.45) is 1.12. The summed E-state index contributed by atoms with van der Waals surface area (Å²) >= 11 is 5.85. The third kappa shape index (κ3) is 2.67. The van der Waals surface area contributed by atoms with Gasteiger partial charge in [0.2, 0.25) is 0 Å². The smallest absolute Gasteiger partial charge is 0.315 e. The second-order valence-corrected chi connectivity index (χ2v) is 7.85. The second kappa shape index (κ2) is 5.59. The molecule has 3 atom stereocenters. The molecule has 1 fully saturated rings. The van der Waals surface area contributed by atoms with E-state index in [0.717, 1.165) is 11.8 Å². The van der Waals surface area contributed by atoms with Crippen LogP contribution in [0.15, 0.2) is 24.3 Å². The first kappa shape index (κ1) is 16.3. The lowest BCUT2D eigenvalue weighted by Gasteiger charge is -2.14. The van der Waals surface area contributed by atoms with Crippen LogP contribution in [0.4, 0.5) is 0 Å². The van der Waals surface area contributed by atoms with Gasteiger partial charge in [0.25, 0.3) is 0 Å². The number of benzene rings is 1. The molecule has 1 aromatic carbocycles. The summed E-state index contributed by atoms with van der Waals surface area (Å²) in [5.74, 6) is -1.04. The molecule has 21 heavy (non-hydrogen) atoms. The molecule has 0 unspecified atom stereocenters. The van der Waals surface area contributed by atoms with Gasteiger partial charge in [-0.1, -0.05) is 23.7 Å². The normalized spacial score (nSPS) is 28.2. The highest BCUT2D eigenvalue weighted by molar-refractivity contribution is 7.91. The molecule has 1 saturated carbocycles. The molecule has 7 heteroatoms. The van der Waals surface area contributed by atoms with Gasteiger partial charge in [-0.2, -0.15) is 0 Å². The fraction of sp³-hybridized carbons (Fsp3) is 0.500. The van der Waals surface area contributed by atoms with Crippen molar-refractivity contribution in [3.8, 4) is 0 Å². The first-order valence-electron chi connectivity index (χ1n) is 6.60. The molecular weight excluding hydrogens is 314 g/mol. The maximum absolute atomic E-state index is 12.3. The van der Waals surface area contributed by atoms with Gasteiger partial charge >= 0.3 is 5.97 Å². The Labute approximate surface area is 129 Å². The zero-order valence-corrected chi connectivity index (χ0v) is 13.4. The fourth-order valence-corrected chi connectivity index (χ4v) is 5.06. The molecule has 1 aliphatic rings. The van der Waals surface area contributed by atoms with Gasteiger partial charge < -0.3 is 10.5 Å². The molecule has 0 saturated heterocycles. The number of halogens is 1. The number of carbonyl (C=O) groups is 1. The molecule has 0 aromatic heterocycles. The Morgan fingerprint density at radius 3 is 2.38 bits per heavy atom. The van der Waals surface area contributed by atoms with Crippen LogP contribution in [0.3, 0.4) is 0 Å². The Morgan fingerprint density at radius 1 is 1.38 bits per heavy atom. The zero-order chi connectivity index (χ0) is 15.8. The summed E-state index contributed by atoms with van der Waals surface area (Å²) in [5.41, 5.74) is 5.29. The van der Waals surface area contributed by atoms with Gasteiger partial charge in [-0.15, -0.1) is 0 Å². The van der Waals surface area contributed by atoms with Crippen LogP contribution in [0.2, 0.25) is 5.02 Å². The molecule has 1 aromatic rings. The van der Waals surface area contributed by atoms with E-state index in [-0.39, 0.29) is 13.2 Å². The standard InChI is InChI=1S/C14H18ClNO4S/c1-3-20-13(17)14(8-16)11(12(14)21(2,18)19)9-4-6-10(15)7-5-9/h4-7,11-12H,3,8,16H2,1-2H3/t11-,12-,14-/m1/s1. The molecule has 0 radical (unpaired) electrons. The Morgan fingerprint density at radius 2 is 1.95 bits per heavy atom. The van der Waals surface area contributed by atoms with Crippen molar-refractivity contribution in [2.24, 2.45) is 11.1 Å². The van der Waals surface area contributed by atoms with Crippen LogP contribution in [0, 0.1) is 5.41 Å². The van der Waals surface area contributed by atoms with E-state index in [9.17, 15) is 13.2 Å². The highest BCUT2D eigenvalue weighted by atomic mass is 35.5. The van der Waals surface area contributed by atoms with Crippen LogP contribution in [0.1, 0.15) is 18.4 Å². The number of nitrogens with two attached hydrogens (primary N) is 1. The van der Waals surface area contributed by atoms with E-state index in [2.05, 4.69) is 0 Å². The number of carbonyl (C=O) groups excluding carboxylic acids is 1. The van der Waals surface area contributed by atoms with Crippen LogP contribution in [-0.4, -0.2) is 39.0 Å². The minimum atomic E-state index is -3.43. The average molecular weight is 332 g/mol. The number of ether oxygens (including phenoxy) is 1. The number of esters is 1. The minimum absolute atomic E-state index is 0.0726. The third-order valence-corrected chi connectivity index (χ3v) is 5.81. The van der Waals surface area contributed by atoms with Crippen molar-refractivity contribution in [2.45, 2.75) is 18.1 Å². The lowest BCUT2D eigenvalue weighted by molar-refractivity contribution is -0.149. The predicted molar refractivity (Wildman–Crippen MR) is 80.9 cm³/mol. The maximum atomic E-state index is 12.3. The van der Waals surface area contributed by atoms with Crippen LogP contribution in [0.25, 0.3) is 0 Å². The van der Waals surface area contributed by atoms with Gasteiger partial charge in [-0.05, 0) is 24.6 Å². The van der Waals surface area contributed by atoms with Gasteiger partial charge in [0.15, 0.2) is 9.84 Å². The third-order valence-electron chi connectivity index (χ3n) is 3.94. The summed E-state index contributed by atoms with van der Waals surface area (Å²) in [4.78, 5) is 12.3. The van der Waals surface area contributed by atoms with Crippen molar-refractivity contribution in [1.29, 1.82) is 0 Å². The van der Waals surface area contributed by atoms with E-state index in [4.69, 9.17) is 22.1 Å². The quantitative estimate of drug-likeness (QED) is 0.823. The first-order chi connectivity index (χ1) is 9.79. The highest BCUT2D eigenvalue weighted by Crippen LogP contribution is 2.62. The monoisotopic (exact) mass is 331 g/mol. The van der Waals surface area contributed by atoms with Gasteiger partial charge in [-0.3, -0.25) is 4.79 Å². The summed E-state index contributed by atoms with van der Waals surface area (Å²) in [7, 11) is -3.43. The molecule has 1 aliphatic carbocycles. The summed E-state index contributed by atoms with van der Waals surface area (Å²) < 4.78 is 29.1. The molecule has 0 heterocycles. The molecule has 0 spiro atoms. The van der Waals surface area contributed by atoms with E-state index in [1.165, 1.54) is 0 Å². The Balaban J connectivity index is 2.47. The Bertz CT molecular complexity index is 643. The molecular formula is C14H18ClNO4S. The Kier molecular flexibility index (Phi) is 4.33. The lowest BCUT2D eigenvalue weighted by atomic mass is 9.99. The average Bonchev–Trinajstić information content (AvgIpc) is 3.10. The fourth-order valence-electron chi connectivity index (χ4n) is 3.01. The van der Waals surface area contributed by atoms with Crippen molar-refractivity contribution in [3.63, 3.8) is 0 Å². The number of rotatable bonds is 5. The van der Waals surface area contributed by atoms with E-state index in [1.807, 2.05) is 0 Å². The Hall–Kier alpha value is -1.11. The van der Waals surface area contributed by atoms with E-state index in [0.29, 0.717) is 5.02 Å². The lowest BCUT2D eigenvalue weighted by Crippen LogP contribution is -2.33. The first-order valence-corrected chi connectivity index (χ1v) is 8.94. The summed E-state index contributed by atoms with van der Waals surface area (Å²) in [5, 5.41) is -0.306. The van der Waals surface area contributed by atoms with Gasteiger partial charge in [0.05, 0.1) is 11.9 Å². The molecule has 2 N–H and O–H groups in total. The molecule has 0 aliphatic heterocycles. The highest BCUT2D eigenvalue weighted by Gasteiger charge is 2.74.